The van der Waals surface area contributed by atoms with E-state index >= 15 is 0 Å². The Morgan fingerprint density at radius 3 is 2.12 bits per heavy atom. The predicted molar refractivity (Wildman–Crippen MR) is 53.0 cm³/mol. The first kappa shape index (κ1) is 15.0. The number of halogens is 3. The van der Waals surface area contributed by atoms with Crippen LogP contribution in [0, 0.1) is 0 Å². The minimum Gasteiger partial charge on any atom is -0.395 e. The number of amides is 2. The fraction of sp³-hybridized carbons (Fsp3) is 0.889. The number of hydrogen-bond acceptors (Lipinski definition) is 2. The number of aliphatic hydroxyl groups excluding tert-OH is 1. The van der Waals surface area contributed by atoms with Crippen molar-refractivity contribution in [3.8, 4) is 0 Å². The highest BCUT2D eigenvalue weighted by Crippen LogP contribution is 2.16. The van der Waals surface area contributed by atoms with Gasteiger partial charge in [-0.2, -0.15) is 13.2 Å². The Morgan fingerprint density at radius 1 is 1.31 bits per heavy atom. The Kier molecular flexibility index (Phi) is 5.05. The van der Waals surface area contributed by atoms with Gasteiger partial charge >= 0.3 is 12.2 Å². The van der Waals surface area contributed by atoms with Crippen LogP contribution in [-0.2, 0) is 0 Å². The molecule has 7 heteroatoms. The number of aliphatic hydroxyl groups is 1. The molecule has 0 aliphatic carbocycles. The topological polar surface area (TPSA) is 52.6 Å². The lowest BCUT2D eigenvalue weighted by molar-refractivity contribution is -0.140. The Labute approximate surface area is 92.4 Å². The van der Waals surface area contributed by atoms with Crippen LogP contribution in [0.4, 0.5) is 18.0 Å². The summed E-state index contributed by atoms with van der Waals surface area (Å²) in [6, 6.07) is -0.834. The lowest BCUT2D eigenvalue weighted by atomic mass is 10.1. The van der Waals surface area contributed by atoms with Gasteiger partial charge in [0.1, 0.15) is 6.54 Å². The van der Waals surface area contributed by atoms with E-state index in [-0.39, 0.29) is 6.54 Å². The van der Waals surface area contributed by atoms with Crippen molar-refractivity contribution in [3.05, 3.63) is 0 Å². The molecule has 0 rings (SSSR count). The summed E-state index contributed by atoms with van der Waals surface area (Å²) < 4.78 is 36.4. The fourth-order valence-electron chi connectivity index (χ4n) is 0.989. The van der Waals surface area contributed by atoms with Gasteiger partial charge in [0.2, 0.25) is 0 Å². The highest BCUT2D eigenvalue weighted by molar-refractivity contribution is 5.75. The van der Waals surface area contributed by atoms with Crippen molar-refractivity contribution in [1.29, 1.82) is 0 Å². The standard InChI is InChI=1S/C9H17F3N2O2/c1-8(2,3)13-7(16)14(4-5-15)6-9(10,11)12/h15H,4-6H2,1-3H3,(H,13,16). The molecule has 0 aromatic heterocycles. The molecule has 0 unspecified atom stereocenters. The summed E-state index contributed by atoms with van der Waals surface area (Å²) in [4.78, 5) is 12.0. The average Bonchev–Trinajstić information content (AvgIpc) is 1.97. The van der Waals surface area contributed by atoms with Crippen LogP contribution < -0.4 is 5.32 Å². The van der Waals surface area contributed by atoms with Crippen LogP contribution in [-0.4, -0.2) is 47.4 Å². The van der Waals surface area contributed by atoms with E-state index in [0.717, 1.165) is 0 Å². The summed E-state index contributed by atoms with van der Waals surface area (Å²) in [6.07, 6.45) is -4.47. The van der Waals surface area contributed by atoms with Crippen molar-refractivity contribution >= 4 is 6.03 Å². The third kappa shape index (κ3) is 7.33. The predicted octanol–water partition coefficient (Wildman–Crippen LogP) is 1.35. The van der Waals surface area contributed by atoms with E-state index in [1.54, 1.807) is 20.8 Å². The lowest BCUT2D eigenvalue weighted by Gasteiger charge is -2.28. The Balaban J connectivity index is 4.47. The summed E-state index contributed by atoms with van der Waals surface area (Å²) >= 11 is 0. The first-order valence-electron chi connectivity index (χ1n) is 4.80. The number of carbonyl (C=O) groups is 1. The van der Waals surface area contributed by atoms with Crippen molar-refractivity contribution in [2.75, 3.05) is 19.7 Å². The first-order chi connectivity index (χ1) is 7.05. The molecule has 96 valence electrons. The van der Waals surface area contributed by atoms with E-state index in [1.165, 1.54) is 0 Å². The number of nitrogens with zero attached hydrogens (tertiary/aromatic N) is 1. The zero-order chi connectivity index (χ0) is 13.0. The van der Waals surface area contributed by atoms with Gasteiger partial charge in [0.25, 0.3) is 0 Å². The highest BCUT2D eigenvalue weighted by atomic mass is 19.4. The largest absolute Gasteiger partial charge is 0.406 e. The second-order valence-corrected chi connectivity index (χ2v) is 4.44. The third-order valence-electron chi connectivity index (χ3n) is 1.51. The summed E-state index contributed by atoms with van der Waals surface area (Å²) in [5.41, 5.74) is -0.615. The highest BCUT2D eigenvalue weighted by Gasteiger charge is 2.33. The number of urea groups is 1. The van der Waals surface area contributed by atoms with Gasteiger partial charge in [-0.1, -0.05) is 0 Å². The zero-order valence-corrected chi connectivity index (χ0v) is 9.56. The minimum absolute atomic E-state index is 0.346. The molecule has 0 radical (unpaired) electrons. The maximum absolute atomic E-state index is 12.1. The maximum Gasteiger partial charge on any atom is 0.406 e. The second kappa shape index (κ2) is 5.38. The van der Waals surface area contributed by atoms with Crippen molar-refractivity contribution in [3.63, 3.8) is 0 Å². The Morgan fingerprint density at radius 2 is 1.81 bits per heavy atom. The minimum atomic E-state index is -4.47. The van der Waals surface area contributed by atoms with Crippen LogP contribution in [0.25, 0.3) is 0 Å². The molecule has 16 heavy (non-hydrogen) atoms. The fourth-order valence-corrected chi connectivity index (χ4v) is 0.989. The molecule has 0 fully saturated rings. The summed E-state index contributed by atoms with van der Waals surface area (Å²) in [5, 5.41) is 11.0. The molecule has 2 amide bonds. The first-order valence-corrected chi connectivity index (χ1v) is 4.80. The Bertz CT molecular complexity index is 236. The molecule has 0 aliphatic heterocycles. The molecule has 0 bridgehead atoms. The smallest absolute Gasteiger partial charge is 0.395 e. The van der Waals surface area contributed by atoms with Gasteiger partial charge in [-0.25, -0.2) is 4.79 Å². The van der Waals surface area contributed by atoms with Gasteiger partial charge < -0.3 is 15.3 Å². The van der Waals surface area contributed by atoms with Gasteiger partial charge in [0.05, 0.1) is 6.61 Å². The van der Waals surface area contributed by atoms with Crippen LogP contribution in [0.3, 0.4) is 0 Å². The van der Waals surface area contributed by atoms with E-state index < -0.39 is 30.9 Å². The number of carbonyl (C=O) groups excluding carboxylic acids is 1. The third-order valence-corrected chi connectivity index (χ3v) is 1.51. The molecule has 0 heterocycles. The van der Waals surface area contributed by atoms with Crippen LogP contribution in [0.15, 0.2) is 0 Å². The molecule has 0 saturated heterocycles. The lowest BCUT2D eigenvalue weighted by Crippen LogP contribution is -2.51. The average molecular weight is 242 g/mol. The van der Waals surface area contributed by atoms with E-state index in [9.17, 15) is 18.0 Å². The number of rotatable bonds is 3. The zero-order valence-electron chi connectivity index (χ0n) is 9.56. The van der Waals surface area contributed by atoms with Gasteiger partial charge in [0, 0.05) is 12.1 Å². The van der Waals surface area contributed by atoms with Crippen LogP contribution in [0.2, 0.25) is 0 Å². The second-order valence-electron chi connectivity index (χ2n) is 4.44. The molecule has 0 spiro atoms. The van der Waals surface area contributed by atoms with E-state index in [0.29, 0.717) is 4.90 Å². The van der Waals surface area contributed by atoms with Gasteiger partial charge in [-0.15, -0.1) is 0 Å². The number of hydrogen-bond donors (Lipinski definition) is 2. The molecule has 0 saturated carbocycles. The molecule has 0 aromatic carbocycles. The van der Waals surface area contributed by atoms with E-state index in [1.807, 2.05) is 0 Å². The Hall–Kier alpha value is -0.980. The van der Waals surface area contributed by atoms with Gasteiger partial charge in [0.15, 0.2) is 0 Å². The van der Waals surface area contributed by atoms with Crippen molar-refractivity contribution in [1.82, 2.24) is 10.2 Å². The van der Waals surface area contributed by atoms with Crippen molar-refractivity contribution < 1.29 is 23.1 Å². The quantitative estimate of drug-likeness (QED) is 0.785. The van der Waals surface area contributed by atoms with E-state index in [2.05, 4.69) is 5.32 Å². The van der Waals surface area contributed by atoms with Crippen LogP contribution >= 0.6 is 0 Å². The molecule has 0 atom stereocenters. The van der Waals surface area contributed by atoms with Crippen LogP contribution in [0.5, 0.6) is 0 Å². The summed E-state index contributed by atoms with van der Waals surface area (Å²) in [7, 11) is 0. The molecule has 0 aliphatic rings. The molecule has 2 N–H and O–H groups in total. The van der Waals surface area contributed by atoms with Crippen molar-refractivity contribution in [2.45, 2.75) is 32.5 Å². The molecule has 0 aromatic rings. The summed E-state index contributed by atoms with van der Waals surface area (Å²) in [6.45, 7) is 2.77. The normalized spacial score (nSPS) is 12.4. The summed E-state index contributed by atoms with van der Waals surface area (Å²) in [5.74, 6) is 0. The van der Waals surface area contributed by atoms with Crippen molar-refractivity contribution in [2.24, 2.45) is 0 Å². The van der Waals surface area contributed by atoms with Gasteiger partial charge in [-0.05, 0) is 20.8 Å². The maximum atomic E-state index is 12.1. The van der Waals surface area contributed by atoms with Crippen LogP contribution in [0.1, 0.15) is 20.8 Å². The van der Waals surface area contributed by atoms with Gasteiger partial charge in [-0.3, -0.25) is 0 Å². The van der Waals surface area contributed by atoms with E-state index in [4.69, 9.17) is 5.11 Å². The number of nitrogens with one attached hydrogen (secondary N) is 1. The monoisotopic (exact) mass is 242 g/mol. The molecular weight excluding hydrogens is 225 g/mol. The molecule has 4 nitrogen and oxygen atoms in total. The number of alkyl halides is 3. The molecular formula is C9H17F3N2O2. The SMILES string of the molecule is CC(C)(C)NC(=O)N(CCO)CC(F)(F)F.